The highest BCUT2D eigenvalue weighted by atomic mass is 16.8. The van der Waals surface area contributed by atoms with E-state index < -0.39 is 6.41 Å². The van der Waals surface area contributed by atoms with E-state index in [-0.39, 0.29) is 0 Å². The summed E-state index contributed by atoms with van der Waals surface area (Å²) in [5.41, 5.74) is 0. The molecule has 0 heterocycles. The smallest absolute Gasteiger partial charge is 0.240 e. The Morgan fingerprint density at radius 1 is 1.20 bits per heavy atom. The highest BCUT2D eigenvalue weighted by Crippen LogP contribution is 1.99. The van der Waals surface area contributed by atoms with Gasteiger partial charge in [0.15, 0.2) is 0 Å². The van der Waals surface area contributed by atoms with Crippen molar-refractivity contribution in [1.29, 1.82) is 0 Å². The number of ether oxygens (including phenoxy) is 2. The molecule has 62 valence electrons. The Labute approximate surface area is 61.6 Å². The third-order valence-electron chi connectivity index (χ3n) is 1.18. The fourth-order valence-electron chi connectivity index (χ4n) is 0.696. The van der Waals surface area contributed by atoms with Crippen LogP contribution >= 0.6 is 0 Å². The first kappa shape index (κ1) is 9.84. The molecular weight excluding hydrogens is 134 g/mol. The van der Waals surface area contributed by atoms with Crippen LogP contribution in [-0.4, -0.2) is 39.4 Å². The summed E-state index contributed by atoms with van der Waals surface area (Å²) in [5, 5.41) is 1.58. The summed E-state index contributed by atoms with van der Waals surface area (Å²) in [6, 6.07) is 0. The summed E-state index contributed by atoms with van der Waals surface area (Å²) in [5.74, 6) is 0. The van der Waals surface area contributed by atoms with E-state index >= 15 is 0 Å². The molecule has 0 amide bonds. The second kappa shape index (κ2) is 5.61. The van der Waals surface area contributed by atoms with E-state index in [0.29, 0.717) is 0 Å². The lowest BCUT2D eigenvalue weighted by molar-refractivity contribution is -0.312. The summed E-state index contributed by atoms with van der Waals surface area (Å²) in [6.07, 6.45) is -0.407. The first-order valence-corrected chi connectivity index (χ1v) is 3.16. The van der Waals surface area contributed by atoms with Gasteiger partial charge in [0.2, 0.25) is 6.41 Å². The van der Waals surface area contributed by atoms with Gasteiger partial charge in [0.25, 0.3) is 0 Å². The standard InChI is InChI=1S/C6H15NO3/c1-5-7(10-4)6(8-2)9-3/h6H,5H2,1-4H3. The zero-order valence-corrected chi connectivity index (χ0v) is 6.96. The van der Waals surface area contributed by atoms with Crippen LogP contribution in [0.2, 0.25) is 0 Å². The Morgan fingerprint density at radius 2 is 1.70 bits per heavy atom. The van der Waals surface area contributed by atoms with Gasteiger partial charge in [-0.15, -0.1) is 5.06 Å². The molecule has 0 fully saturated rings. The van der Waals surface area contributed by atoms with Crippen molar-refractivity contribution in [2.45, 2.75) is 13.3 Å². The fourth-order valence-corrected chi connectivity index (χ4v) is 0.696. The van der Waals surface area contributed by atoms with E-state index in [1.807, 2.05) is 6.92 Å². The molecule has 0 saturated carbocycles. The molecule has 0 aliphatic rings. The van der Waals surface area contributed by atoms with Crippen molar-refractivity contribution < 1.29 is 14.3 Å². The molecular formula is C6H15NO3. The Morgan fingerprint density at radius 3 is 1.80 bits per heavy atom. The van der Waals surface area contributed by atoms with Gasteiger partial charge in [0.1, 0.15) is 0 Å². The Balaban J connectivity index is 3.70. The van der Waals surface area contributed by atoms with Crippen LogP contribution in [0, 0.1) is 0 Å². The van der Waals surface area contributed by atoms with Crippen LogP contribution in [0.1, 0.15) is 6.92 Å². The first-order valence-electron chi connectivity index (χ1n) is 3.16. The molecule has 0 radical (unpaired) electrons. The molecule has 10 heavy (non-hydrogen) atoms. The van der Waals surface area contributed by atoms with Gasteiger partial charge >= 0.3 is 0 Å². The molecule has 0 N–H and O–H groups in total. The largest absolute Gasteiger partial charge is 0.342 e. The molecule has 0 saturated heterocycles. The van der Waals surface area contributed by atoms with Gasteiger partial charge in [-0.2, -0.15) is 0 Å². The van der Waals surface area contributed by atoms with Crippen LogP contribution in [0.15, 0.2) is 0 Å². The SMILES string of the molecule is CCN(OC)C(OC)OC. The molecule has 0 aliphatic carbocycles. The van der Waals surface area contributed by atoms with Crippen molar-refractivity contribution in [3.63, 3.8) is 0 Å². The minimum atomic E-state index is -0.407. The molecule has 4 heteroatoms. The lowest BCUT2D eigenvalue weighted by atomic mass is 10.7. The molecule has 0 aromatic carbocycles. The van der Waals surface area contributed by atoms with Gasteiger partial charge in [0.05, 0.1) is 7.11 Å². The molecule has 0 spiro atoms. The first-order chi connectivity index (χ1) is 4.79. The number of hydrogen-bond donors (Lipinski definition) is 0. The van der Waals surface area contributed by atoms with E-state index in [2.05, 4.69) is 0 Å². The predicted molar refractivity (Wildman–Crippen MR) is 37.2 cm³/mol. The Kier molecular flexibility index (Phi) is 5.52. The maximum atomic E-state index is 4.93. The number of nitrogens with zero attached hydrogens (tertiary/aromatic N) is 1. The summed E-state index contributed by atoms with van der Waals surface area (Å²) in [6.45, 7) is 2.68. The van der Waals surface area contributed by atoms with Crippen molar-refractivity contribution in [2.24, 2.45) is 0 Å². The molecule has 0 rings (SSSR count). The van der Waals surface area contributed by atoms with Crippen molar-refractivity contribution >= 4 is 0 Å². The van der Waals surface area contributed by atoms with Crippen LogP contribution in [0.3, 0.4) is 0 Å². The van der Waals surface area contributed by atoms with Gasteiger partial charge in [0, 0.05) is 20.8 Å². The minimum absolute atomic E-state index is 0.407. The average molecular weight is 149 g/mol. The number of hydrogen-bond acceptors (Lipinski definition) is 4. The van der Waals surface area contributed by atoms with Gasteiger partial charge in [-0.05, 0) is 6.92 Å². The van der Waals surface area contributed by atoms with Crippen LogP contribution in [0.4, 0.5) is 0 Å². The second-order valence-electron chi connectivity index (χ2n) is 1.69. The van der Waals surface area contributed by atoms with Gasteiger partial charge in [-0.1, -0.05) is 0 Å². The van der Waals surface area contributed by atoms with Crippen molar-refractivity contribution in [3.8, 4) is 0 Å². The van der Waals surface area contributed by atoms with Crippen LogP contribution < -0.4 is 0 Å². The Bertz CT molecular complexity index is 61.4. The van der Waals surface area contributed by atoms with Crippen molar-refractivity contribution in [3.05, 3.63) is 0 Å². The summed E-state index contributed by atoms with van der Waals surface area (Å²) in [7, 11) is 4.71. The molecule has 0 unspecified atom stereocenters. The predicted octanol–water partition coefficient (Wildman–Crippen LogP) is 0.446. The van der Waals surface area contributed by atoms with Gasteiger partial charge in [-0.25, -0.2) is 0 Å². The zero-order valence-electron chi connectivity index (χ0n) is 6.96. The third-order valence-corrected chi connectivity index (χ3v) is 1.18. The number of rotatable bonds is 5. The van der Waals surface area contributed by atoms with Crippen LogP contribution in [-0.2, 0) is 14.3 Å². The highest BCUT2D eigenvalue weighted by Gasteiger charge is 2.13. The third kappa shape index (κ3) is 2.62. The maximum Gasteiger partial charge on any atom is 0.240 e. The summed E-state index contributed by atoms with van der Waals surface area (Å²) >= 11 is 0. The van der Waals surface area contributed by atoms with E-state index in [9.17, 15) is 0 Å². The number of hydroxylamine groups is 2. The average Bonchev–Trinajstić information content (AvgIpc) is 2.00. The monoisotopic (exact) mass is 149 g/mol. The maximum absolute atomic E-state index is 4.93. The molecule has 4 nitrogen and oxygen atoms in total. The molecule has 0 bridgehead atoms. The lowest BCUT2D eigenvalue weighted by Crippen LogP contribution is -2.36. The van der Waals surface area contributed by atoms with Gasteiger partial charge in [-0.3, -0.25) is 4.84 Å². The highest BCUT2D eigenvalue weighted by molar-refractivity contribution is 4.35. The molecule has 0 aromatic heterocycles. The van der Waals surface area contributed by atoms with Crippen LogP contribution in [0.5, 0.6) is 0 Å². The van der Waals surface area contributed by atoms with Crippen LogP contribution in [0.25, 0.3) is 0 Å². The van der Waals surface area contributed by atoms with E-state index in [0.717, 1.165) is 6.54 Å². The van der Waals surface area contributed by atoms with E-state index in [1.54, 1.807) is 26.4 Å². The summed E-state index contributed by atoms with van der Waals surface area (Å²) < 4.78 is 9.84. The molecule has 0 atom stereocenters. The number of methoxy groups -OCH3 is 2. The lowest BCUT2D eigenvalue weighted by Gasteiger charge is -2.24. The van der Waals surface area contributed by atoms with Crippen molar-refractivity contribution in [2.75, 3.05) is 27.9 Å². The molecule has 0 aromatic rings. The normalized spacial score (nSPS) is 11.4. The topological polar surface area (TPSA) is 30.9 Å². The minimum Gasteiger partial charge on any atom is -0.342 e. The van der Waals surface area contributed by atoms with Gasteiger partial charge < -0.3 is 9.47 Å². The Hall–Kier alpha value is -0.160. The van der Waals surface area contributed by atoms with E-state index in [4.69, 9.17) is 14.3 Å². The fraction of sp³-hybridized carbons (Fsp3) is 1.00. The zero-order chi connectivity index (χ0) is 7.98. The summed E-state index contributed by atoms with van der Waals surface area (Å²) in [4.78, 5) is 4.93. The van der Waals surface area contributed by atoms with Crippen molar-refractivity contribution in [1.82, 2.24) is 5.06 Å². The second-order valence-corrected chi connectivity index (χ2v) is 1.69. The quantitative estimate of drug-likeness (QED) is 0.419. The molecule has 0 aliphatic heterocycles. The van der Waals surface area contributed by atoms with E-state index in [1.165, 1.54) is 0 Å².